The number of hydrogen-bond acceptors (Lipinski definition) is 4. The van der Waals surface area contributed by atoms with Crippen molar-refractivity contribution in [1.82, 2.24) is 25.6 Å². The van der Waals surface area contributed by atoms with Crippen LogP contribution in [0.25, 0.3) is 11.0 Å². The molecule has 1 fully saturated rings. The van der Waals surface area contributed by atoms with E-state index in [4.69, 9.17) is 0 Å². The zero-order chi connectivity index (χ0) is 11.7. The summed E-state index contributed by atoms with van der Waals surface area (Å²) in [4.78, 5) is 14.1. The zero-order valence-corrected chi connectivity index (χ0v) is 9.31. The molecule has 0 aliphatic carbocycles. The smallest absolute Gasteiger partial charge is 0.254 e. The van der Waals surface area contributed by atoms with Gasteiger partial charge >= 0.3 is 0 Å². The van der Waals surface area contributed by atoms with Crippen molar-refractivity contribution < 1.29 is 4.79 Å². The molecule has 6 nitrogen and oxygen atoms in total. The summed E-state index contributed by atoms with van der Waals surface area (Å²) >= 11 is 0. The zero-order valence-electron chi connectivity index (χ0n) is 9.31. The molecule has 1 saturated heterocycles. The number of nitrogens with one attached hydrogen (secondary N) is 2. The molecule has 1 aliphatic heterocycles. The fraction of sp³-hybridized carbons (Fsp3) is 0.364. The molecule has 2 N–H and O–H groups in total. The summed E-state index contributed by atoms with van der Waals surface area (Å²) < 4.78 is 0. The predicted octanol–water partition coefficient (Wildman–Crippen LogP) is 0.00330. The summed E-state index contributed by atoms with van der Waals surface area (Å²) in [5.74, 6) is 0.0661. The highest BCUT2D eigenvalue weighted by Crippen LogP contribution is 2.12. The number of carbonyl (C=O) groups excluding carboxylic acids is 1. The molecule has 17 heavy (non-hydrogen) atoms. The minimum Gasteiger partial charge on any atom is -0.336 e. The molecular formula is C11H13N5O. The van der Waals surface area contributed by atoms with E-state index in [-0.39, 0.29) is 5.91 Å². The number of hydrogen-bond donors (Lipinski definition) is 2. The van der Waals surface area contributed by atoms with Gasteiger partial charge in [-0.05, 0) is 18.2 Å². The highest BCUT2D eigenvalue weighted by Gasteiger charge is 2.18. The number of H-pyrrole nitrogens is 1. The number of benzene rings is 1. The third kappa shape index (κ3) is 1.87. The van der Waals surface area contributed by atoms with Crippen LogP contribution < -0.4 is 5.32 Å². The van der Waals surface area contributed by atoms with Gasteiger partial charge in [0.15, 0.2) is 0 Å². The van der Waals surface area contributed by atoms with E-state index in [0.717, 1.165) is 37.2 Å². The predicted molar refractivity (Wildman–Crippen MR) is 62.7 cm³/mol. The Bertz CT molecular complexity index is 544. The molecule has 0 bridgehead atoms. The van der Waals surface area contributed by atoms with Gasteiger partial charge in [-0.25, -0.2) is 0 Å². The maximum Gasteiger partial charge on any atom is 0.254 e. The third-order valence-corrected chi connectivity index (χ3v) is 2.97. The largest absolute Gasteiger partial charge is 0.336 e. The Morgan fingerprint density at radius 2 is 1.94 bits per heavy atom. The van der Waals surface area contributed by atoms with Crippen molar-refractivity contribution in [2.24, 2.45) is 0 Å². The first-order chi connectivity index (χ1) is 8.34. The van der Waals surface area contributed by atoms with Gasteiger partial charge in [-0.15, -0.1) is 0 Å². The number of amides is 1. The average Bonchev–Trinajstić information content (AvgIpc) is 2.86. The second-order valence-electron chi connectivity index (χ2n) is 4.07. The van der Waals surface area contributed by atoms with E-state index >= 15 is 0 Å². The van der Waals surface area contributed by atoms with Crippen molar-refractivity contribution in [2.45, 2.75) is 0 Å². The first-order valence-corrected chi connectivity index (χ1v) is 5.65. The number of aromatic nitrogens is 3. The van der Waals surface area contributed by atoms with Gasteiger partial charge in [0.1, 0.15) is 11.0 Å². The Balaban J connectivity index is 1.88. The van der Waals surface area contributed by atoms with E-state index in [1.54, 1.807) is 12.1 Å². The van der Waals surface area contributed by atoms with Crippen LogP contribution in [0.1, 0.15) is 10.4 Å². The van der Waals surface area contributed by atoms with E-state index < -0.39 is 0 Å². The molecule has 6 heteroatoms. The van der Waals surface area contributed by atoms with E-state index in [0.29, 0.717) is 5.56 Å². The second-order valence-corrected chi connectivity index (χ2v) is 4.07. The minimum absolute atomic E-state index is 0.0661. The van der Waals surface area contributed by atoms with E-state index in [1.807, 2.05) is 11.0 Å². The van der Waals surface area contributed by atoms with E-state index in [2.05, 4.69) is 20.7 Å². The van der Waals surface area contributed by atoms with Crippen LogP contribution in [-0.4, -0.2) is 52.4 Å². The standard InChI is InChI=1S/C11H13N5O/c17-11(16-5-3-12-4-6-16)8-1-2-9-10(7-8)14-15-13-9/h1-2,7,12H,3-6H2,(H,13,14,15). The lowest BCUT2D eigenvalue weighted by Crippen LogP contribution is -2.46. The normalized spacial score (nSPS) is 16.4. The average molecular weight is 231 g/mol. The lowest BCUT2D eigenvalue weighted by molar-refractivity contribution is 0.0736. The summed E-state index contributed by atoms with van der Waals surface area (Å²) in [5, 5.41) is 13.7. The first kappa shape index (κ1) is 10.2. The lowest BCUT2D eigenvalue weighted by atomic mass is 10.1. The Labute approximate surface area is 98.0 Å². The van der Waals surface area contributed by atoms with Crippen LogP contribution in [-0.2, 0) is 0 Å². The van der Waals surface area contributed by atoms with Crippen LogP contribution >= 0.6 is 0 Å². The van der Waals surface area contributed by atoms with Gasteiger partial charge in [0.25, 0.3) is 5.91 Å². The molecule has 88 valence electrons. The SMILES string of the molecule is O=C(c1ccc2n[nH]nc2c1)N1CCNCC1. The molecule has 1 aromatic heterocycles. The molecule has 2 heterocycles. The van der Waals surface area contributed by atoms with Gasteiger partial charge in [-0.1, -0.05) is 0 Å². The van der Waals surface area contributed by atoms with Crippen molar-refractivity contribution in [3.05, 3.63) is 23.8 Å². The molecule has 0 atom stereocenters. The number of rotatable bonds is 1. The number of fused-ring (bicyclic) bond motifs is 1. The molecule has 0 saturated carbocycles. The fourth-order valence-corrected chi connectivity index (χ4v) is 2.02. The topological polar surface area (TPSA) is 73.9 Å². The van der Waals surface area contributed by atoms with Crippen LogP contribution in [0.4, 0.5) is 0 Å². The Hall–Kier alpha value is -1.95. The molecule has 0 radical (unpaired) electrons. The van der Waals surface area contributed by atoms with E-state index in [1.165, 1.54) is 0 Å². The Morgan fingerprint density at radius 3 is 2.76 bits per heavy atom. The highest BCUT2D eigenvalue weighted by atomic mass is 16.2. The molecule has 1 aromatic carbocycles. The molecule has 1 amide bonds. The number of nitrogens with zero attached hydrogens (tertiary/aromatic N) is 3. The molecular weight excluding hydrogens is 218 g/mol. The highest BCUT2D eigenvalue weighted by molar-refractivity contribution is 5.97. The minimum atomic E-state index is 0.0661. The molecule has 0 unspecified atom stereocenters. The van der Waals surface area contributed by atoms with Gasteiger partial charge in [-0.2, -0.15) is 15.4 Å². The molecule has 2 aromatic rings. The summed E-state index contributed by atoms with van der Waals surface area (Å²) in [5.41, 5.74) is 2.18. The maximum absolute atomic E-state index is 12.2. The molecule has 1 aliphatic rings. The monoisotopic (exact) mass is 231 g/mol. The Kier molecular flexibility index (Phi) is 2.49. The summed E-state index contributed by atoms with van der Waals surface area (Å²) in [6, 6.07) is 5.40. The fourth-order valence-electron chi connectivity index (χ4n) is 2.02. The van der Waals surface area contributed by atoms with Crippen LogP contribution in [0.15, 0.2) is 18.2 Å². The number of aromatic amines is 1. The molecule has 0 spiro atoms. The first-order valence-electron chi connectivity index (χ1n) is 5.65. The van der Waals surface area contributed by atoms with Gasteiger partial charge in [-0.3, -0.25) is 4.79 Å². The molecule has 3 rings (SSSR count). The lowest BCUT2D eigenvalue weighted by Gasteiger charge is -2.27. The summed E-state index contributed by atoms with van der Waals surface area (Å²) in [6.07, 6.45) is 0. The maximum atomic E-state index is 12.2. The second kappa shape index (κ2) is 4.14. The van der Waals surface area contributed by atoms with Crippen molar-refractivity contribution in [3.63, 3.8) is 0 Å². The van der Waals surface area contributed by atoms with Crippen LogP contribution in [0.2, 0.25) is 0 Å². The Morgan fingerprint density at radius 1 is 1.18 bits per heavy atom. The quantitative estimate of drug-likeness (QED) is 0.724. The van der Waals surface area contributed by atoms with Gasteiger partial charge in [0.05, 0.1) is 0 Å². The van der Waals surface area contributed by atoms with Crippen LogP contribution in [0.3, 0.4) is 0 Å². The van der Waals surface area contributed by atoms with Crippen molar-refractivity contribution in [1.29, 1.82) is 0 Å². The van der Waals surface area contributed by atoms with Gasteiger partial charge < -0.3 is 10.2 Å². The van der Waals surface area contributed by atoms with Gasteiger partial charge in [0.2, 0.25) is 0 Å². The van der Waals surface area contributed by atoms with Crippen molar-refractivity contribution >= 4 is 16.9 Å². The van der Waals surface area contributed by atoms with Crippen molar-refractivity contribution in [3.8, 4) is 0 Å². The summed E-state index contributed by atoms with van der Waals surface area (Å²) in [7, 11) is 0. The number of piperazine rings is 1. The van der Waals surface area contributed by atoms with Crippen LogP contribution in [0.5, 0.6) is 0 Å². The third-order valence-electron chi connectivity index (χ3n) is 2.97. The van der Waals surface area contributed by atoms with Crippen LogP contribution in [0, 0.1) is 0 Å². The summed E-state index contributed by atoms with van der Waals surface area (Å²) in [6.45, 7) is 3.24. The number of carbonyl (C=O) groups is 1. The van der Waals surface area contributed by atoms with Crippen molar-refractivity contribution in [2.75, 3.05) is 26.2 Å². The van der Waals surface area contributed by atoms with E-state index in [9.17, 15) is 4.79 Å². The van der Waals surface area contributed by atoms with Gasteiger partial charge in [0, 0.05) is 31.7 Å².